The van der Waals surface area contributed by atoms with Crippen LogP contribution in [0.3, 0.4) is 0 Å². The van der Waals surface area contributed by atoms with E-state index in [4.69, 9.17) is 4.74 Å². The number of likely N-dealkylation sites (tertiary alicyclic amines) is 1. The normalized spacial score (nSPS) is 30.7. The quantitative estimate of drug-likeness (QED) is 0.407. The highest BCUT2D eigenvalue weighted by atomic mass is 16.5. The Kier molecular flexibility index (Phi) is 6.46. The molecule has 0 radical (unpaired) electrons. The van der Waals surface area contributed by atoms with Gasteiger partial charge in [0.2, 0.25) is 17.7 Å². The van der Waals surface area contributed by atoms with Crippen molar-refractivity contribution in [1.82, 2.24) is 30.5 Å². The molecule has 3 aliphatic heterocycles. The molecular weight excluding hydrogens is 464 g/mol. The lowest BCUT2D eigenvalue weighted by Crippen LogP contribution is -2.55. The number of fused-ring (bicyclic) bond motifs is 2. The smallest absolute Gasteiger partial charge is 0.247 e. The number of aromatic nitrogens is 3. The van der Waals surface area contributed by atoms with E-state index in [1.807, 2.05) is 38.1 Å². The molecule has 1 aromatic heterocycles. The lowest BCUT2D eigenvalue weighted by Gasteiger charge is -2.33. The van der Waals surface area contributed by atoms with Crippen molar-refractivity contribution in [2.24, 2.45) is 11.8 Å². The molecule has 1 spiro atoms. The monoisotopic (exact) mass is 498 g/mol. The van der Waals surface area contributed by atoms with Crippen LogP contribution in [0.2, 0.25) is 0 Å². The van der Waals surface area contributed by atoms with Crippen molar-refractivity contribution in [3.63, 3.8) is 0 Å². The van der Waals surface area contributed by atoms with E-state index in [1.165, 1.54) is 0 Å². The lowest BCUT2D eigenvalue weighted by atomic mass is 9.66. The number of nitrogens with one attached hydrogen (secondary N) is 2. The van der Waals surface area contributed by atoms with Crippen molar-refractivity contribution < 1.29 is 24.2 Å². The van der Waals surface area contributed by atoms with Gasteiger partial charge in [-0.1, -0.05) is 24.3 Å². The fourth-order valence-corrected chi connectivity index (χ4v) is 6.40. The highest BCUT2D eigenvalue weighted by Crippen LogP contribution is 2.63. The number of unbranched alkanes of at least 4 members (excludes halogenated alkanes) is 1. The van der Waals surface area contributed by atoms with E-state index in [-0.39, 0.29) is 31.0 Å². The summed E-state index contributed by atoms with van der Waals surface area (Å²) in [5, 5.41) is 23.4. The Balaban J connectivity index is 1.43. The van der Waals surface area contributed by atoms with Gasteiger partial charge in [0.05, 0.1) is 23.0 Å². The summed E-state index contributed by atoms with van der Waals surface area (Å²) in [6.07, 6.45) is 2.97. The Morgan fingerprint density at radius 3 is 2.78 bits per heavy atom. The molecule has 3 aliphatic rings. The predicted molar refractivity (Wildman–Crippen MR) is 129 cm³/mol. The zero-order valence-electron chi connectivity index (χ0n) is 20.8. The first-order valence-corrected chi connectivity index (χ1v) is 12.8. The SMILES string of the molecule is CCCNC(=O)[C@@H]1[C@H]2C(=O)N(CCCCO)C(C(=O)NCn3nnc4ccccc43)C23CC[C@@]1(C)O3. The van der Waals surface area contributed by atoms with Crippen LogP contribution in [0.15, 0.2) is 24.3 Å². The molecule has 3 N–H and O–H groups in total. The second-order valence-electron chi connectivity index (χ2n) is 10.3. The van der Waals surface area contributed by atoms with Crippen molar-refractivity contribution >= 4 is 28.8 Å². The van der Waals surface area contributed by atoms with E-state index in [0.717, 1.165) is 17.5 Å². The molecule has 3 saturated heterocycles. The predicted octanol–water partition coefficient (Wildman–Crippen LogP) is 0.568. The van der Waals surface area contributed by atoms with Gasteiger partial charge in [-0.2, -0.15) is 0 Å². The summed E-state index contributed by atoms with van der Waals surface area (Å²) >= 11 is 0. The van der Waals surface area contributed by atoms with E-state index >= 15 is 0 Å². The van der Waals surface area contributed by atoms with Crippen LogP contribution in [0.5, 0.6) is 0 Å². The number of aliphatic hydroxyl groups is 1. The van der Waals surface area contributed by atoms with Gasteiger partial charge in [0.1, 0.15) is 23.8 Å². The molecular formula is C25H34N6O5. The van der Waals surface area contributed by atoms with Crippen LogP contribution in [0, 0.1) is 11.8 Å². The topological polar surface area (TPSA) is 139 Å². The molecule has 0 aliphatic carbocycles. The second kappa shape index (κ2) is 9.44. The molecule has 36 heavy (non-hydrogen) atoms. The number of amides is 3. The summed E-state index contributed by atoms with van der Waals surface area (Å²) in [4.78, 5) is 42.4. The van der Waals surface area contributed by atoms with Crippen molar-refractivity contribution in [3.05, 3.63) is 24.3 Å². The zero-order chi connectivity index (χ0) is 25.5. The maximum Gasteiger partial charge on any atom is 0.247 e. The summed E-state index contributed by atoms with van der Waals surface area (Å²) in [7, 11) is 0. The minimum Gasteiger partial charge on any atom is -0.396 e. The van der Waals surface area contributed by atoms with Crippen LogP contribution in [-0.2, 0) is 25.8 Å². The number of carbonyl (C=O) groups excluding carboxylic acids is 3. The van der Waals surface area contributed by atoms with Crippen molar-refractivity contribution in [2.45, 2.75) is 69.9 Å². The largest absolute Gasteiger partial charge is 0.396 e. The fourth-order valence-electron chi connectivity index (χ4n) is 6.40. The first kappa shape index (κ1) is 24.6. The molecule has 1 aromatic carbocycles. The van der Waals surface area contributed by atoms with E-state index in [0.29, 0.717) is 38.8 Å². The number of hydrogen-bond acceptors (Lipinski definition) is 7. The number of para-hydroxylation sites is 1. The molecule has 0 saturated carbocycles. The number of hydrogen-bond donors (Lipinski definition) is 3. The third-order valence-electron chi connectivity index (χ3n) is 7.99. The average Bonchev–Trinajstić information content (AvgIpc) is 3.57. The summed E-state index contributed by atoms with van der Waals surface area (Å²) in [5.41, 5.74) is -0.350. The number of nitrogens with zero attached hydrogens (tertiary/aromatic N) is 4. The Hall–Kier alpha value is -3.05. The Morgan fingerprint density at radius 2 is 2.00 bits per heavy atom. The number of benzene rings is 1. The molecule has 2 aromatic rings. The van der Waals surface area contributed by atoms with Crippen LogP contribution in [0.1, 0.15) is 46.0 Å². The third-order valence-corrected chi connectivity index (χ3v) is 7.99. The van der Waals surface area contributed by atoms with Crippen LogP contribution in [-0.4, -0.2) is 79.7 Å². The molecule has 194 valence electrons. The summed E-state index contributed by atoms with van der Waals surface area (Å²) < 4.78 is 8.17. The Bertz CT molecular complexity index is 1170. The third kappa shape index (κ3) is 3.76. The number of rotatable bonds is 10. The number of aliphatic hydroxyl groups excluding tert-OH is 1. The van der Waals surface area contributed by atoms with Gasteiger partial charge in [-0.3, -0.25) is 14.4 Å². The van der Waals surface area contributed by atoms with Crippen molar-refractivity contribution in [2.75, 3.05) is 19.7 Å². The number of ether oxygens (including phenoxy) is 1. The number of carbonyl (C=O) groups is 3. The highest BCUT2D eigenvalue weighted by Gasteiger charge is 2.77. The first-order chi connectivity index (χ1) is 17.4. The van der Waals surface area contributed by atoms with Gasteiger partial charge in [-0.25, -0.2) is 4.68 Å². The molecule has 4 heterocycles. The fraction of sp³-hybridized carbons (Fsp3) is 0.640. The van der Waals surface area contributed by atoms with Crippen molar-refractivity contribution in [1.29, 1.82) is 0 Å². The van der Waals surface area contributed by atoms with Gasteiger partial charge in [-0.05, 0) is 51.2 Å². The van der Waals surface area contributed by atoms with Crippen molar-refractivity contribution in [3.8, 4) is 0 Å². The molecule has 3 amide bonds. The minimum atomic E-state index is -1.06. The Morgan fingerprint density at radius 1 is 1.19 bits per heavy atom. The van der Waals surface area contributed by atoms with Crippen LogP contribution < -0.4 is 10.6 Å². The molecule has 5 rings (SSSR count). The highest BCUT2D eigenvalue weighted by molar-refractivity contribution is 5.99. The maximum atomic E-state index is 13.8. The molecule has 11 heteroatoms. The minimum absolute atomic E-state index is 0.00343. The van der Waals surface area contributed by atoms with Gasteiger partial charge >= 0.3 is 0 Å². The molecule has 2 bridgehead atoms. The maximum absolute atomic E-state index is 13.8. The first-order valence-electron chi connectivity index (χ1n) is 12.8. The average molecular weight is 499 g/mol. The van der Waals surface area contributed by atoms with E-state index < -0.39 is 29.1 Å². The summed E-state index contributed by atoms with van der Waals surface area (Å²) in [5.74, 6) is -2.12. The second-order valence-corrected chi connectivity index (χ2v) is 10.3. The van der Waals surface area contributed by atoms with E-state index in [1.54, 1.807) is 9.58 Å². The standard InChI is InChI=1S/C25H34N6O5/c1-3-12-26-21(33)18-19-23(35)30(13-6-7-14-32)20(25(19)11-10-24(18,2)36-25)22(34)27-15-31-17-9-5-4-8-16(17)28-29-31/h4-5,8-9,18-20,32H,3,6-7,10-15H2,1-2H3,(H,26,33)(H,27,34)/t18-,19-,20?,24+,25?/m0/s1. The summed E-state index contributed by atoms with van der Waals surface area (Å²) in [6, 6.07) is 6.60. The van der Waals surface area contributed by atoms with E-state index in [2.05, 4.69) is 20.9 Å². The van der Waals surface area contributed by atoms with Gasteiger partial charge < -0.3 is 25.4 Å². The molecule has 11 nitrogen and oxygen atoms in total. The summed E-state index contributed by atoms with van der Waals surface area (Å²) in [6.45, 7) is 4.79. The Labute approximate surface area is 209 Å². The molecule has 2 unspecified atom stereocenters. The van der Waals surface area contributed by atoms with Gasteiger partial charge in [0.15, 0.2) is 0 Å². The van der Waals surface area contributed by atoms with Gasteiger partial charge in [-0.15, -0.1) is 5.10 Å². The molecule has 5 atom stereocenters. The lowest BCUT2D eigenvalue weighted by molar-refractivity contribution is -0.146. The van der Waals surface area contributed by atoms with Crippen LogP contribution in [0.4, 0.5) is 0 Å². The van der Waals surface area contributed by atoms with E-state index in [9.17, 15) is 19.5 Å². The van der Waals surface area contributed by atoms with Gasteiger partial charge in [0.25, 0.3) is 0 Å². The van der Waals surface area contributed by atoms with Crippen LogP contribution >= 0.6 is 0 Å². The van der Waals surface area contributed by atoms with Crippen LogP contribution in [0.25, 0.3) is 11.0 Å². The molecule has 3 fully saturated rings. The zero-order valence-corrected chi connectivity index (χ0v) is 20.8. The van der Waals surface area contributed by atoms with Gasteiger partial charge in [0, 0.05) is 19.7 Å².